The third-order valence-corrected chi connectivity index (χ3v) is 1.71. The number of hydrogen-bond acceptors (Lipinski definition) is 3. The number of ether oxygens (including phenoxy) is 1. The highest BCUT2D eigenvalue weighted by Crippen LogP contribution is 2.01. The van der Waals surface area contributed by atoms with Crippen LogP contribution < -0.4 is 5.32 Å². The van der Waals surface area contributed by atoms with E-state index in [0.717, 1.165) is 0 Å². The number of hydrogen-bond donors (Lipinski definition) is 1. The monoisotopic (exact) mass is 195 g/mol. The Morgan fingerprint density at radius 3 is 2.79 bits per heavy atom. The molecule has 0 heterocycles. The van der Waals surface area contributed by atoms with Gasteiger partial charge in [0.1, 0.15) is 0 Å². The first kappa shape index (κ1) is 12.7. The number of rotatable bonds is 5. The van der Waals surface area contributed by atoms with Gasteiger partial charge in [-0.15, -0.1) is 5.92 Å². The Morgan fingerprint density at radius 2 is 2.29 bits per heavy atom. The molecule has 0 amide bonds. The molecule has 0 aromatic heterocycles. The number of carbonyl (C=O) groups is 1. The molecule has 0 aliphatic carbocycles. The van der Waals surface area contributed by atoms with E-state index in [0.29, 0.717) is 25.1 Å². The van der Waals surface area contributed by atoms with Gasteiger partial charge in [0.2, 0.25) is 0 Å². The first-order chi connectivity index (χ1) is 6.76. The van der Waals surface area contributed by atoms with Crippen LogP contribution in [0.3, 0.4) is 0 Å². The third kappa shape index (κ3) is 5.39. The van der Waals surface area contributed by atoms with Crippen molar-refractivity contribution in [2.75, 3.05) is 20.2 Å². The zero-order valence-corrected chi connectivity index (χ0v) is 9.02. The maximum atomic E-state index is 11.1. The molecule has 78 valence electrons. The van der Waals surface area contributed by atoms with E-state index in [2.05, 4.69) is 21.9 Å². The Labute approximate surface area is 85.5 Å². The van der Waals surface area contributed by atoms with Crippen LogP contribution in [0.1, 0.15) is 20.3 Å². The molecule has 0 rings (SSSR count). The van der Waals surface area contributed by atoms with E-state index in [1.807, 2.05) is 13.0 Å². The minimum atomic E-state index is -0.254. The summed E-state index contributed by atoms with van der Waals surface area (Å²) >= 11 is 0. The first-order valence-electron chi connectivity index (χ1n) is 4.63. The van der Waals surface area contributed by atoms with Crippen molar-refractivity contribution >= 4 is 5.97 Å². The van der Waals surface area contributed by atoms with Crippen molar-refractivity contribution in [2.45, 2.75) is 20.3 Å². The number of nitrogens with one attached hydrogen (secondary N) is 1. The topological polar surface area (TPSA) is 38.3 Å². The maximum absolute atomic E-state index is 11.1. The Balaban J connectivity index is 3.91. The second-order valence-corrected chi connectivity index (χ2v) is 2.63. The van der Waals surface area contributed by atoms with E-state index in [1.54, 1.807) is 6.92 Å². The average Bonchev–Trinajstić information content (AvgIpc) is 2.22. The molecule has 0 saturated carbocycles. The molecule has 0 aromatic carbocycles. The predicted molar refractivity (Wildman–Crippen MR) is 56.7 cm³/mol. The smallest absolute Gasteiger partial charge is 0.333 e. The van der Waals surface area contributed by atoms with Gasteiger partial charge >= 0.3 is 5.97 Å². The van der Waals surface area contributed by atoms with Crippen molar-refractivity contribution in [1.82, 2.24) is 5.32 Å². The van der Waals surface area contributed by atoms with Crippen LogP contribution in [0.5, 0.6) is 0 Å². The van der Waals surface area contributed by atoms with Crippen molar-refractivity contribution in [3.05, 3.63) is 11.6 Å². The molecule has 0 aromatic rings. The fourth-order valence-corrected chi connectivity index (χ4v) is 0.922. The van der Waals surface area contributed by atoms with Gasteiger partial charge in [-0.2, -0.15) is 0 Å². The van der Waals surface area contributed by atoms with Gasteiger partial charge < -0.3 is 10.1 Å². The largest absolute Gasteiger partial charge is 0.466 e. The van der Waals surface area contributed by atoms with E-state index in [9.17, 15) is 4.79 Å². The highest BCUT2D eigenvalue weighted by molar-refractivity contribution is 5.88. The van der Waals surface area contributed by atoms with Crippen LogP contribution in [0, 0.1) is 11.8 Å². The lowest BCUT2D eigenvalue weighted by atomic mass is 10.2. The summed E-state index contributed by atoms with van der Waals surface area (Å²) in [5.41, 5.74) is 0.699. The van der Waals surface area contributed by atoms with Gasteiger partial charge in [0.05, 0.1) is 13.7 Å². The van der Waals surface area contributed by atoms with Gasteiger partial charge in [-0.1, -0.05) is 18.9 Å². The first-order valence-corrected chi connectivity index (χ1v) is 4.63. The van der Waals surface area contributed by atoms with Crippen molar-refractivity contribution in [3.8, 4) is 11.8 Å². The van der Waals surface area contributed by atoms with Gasteiger partial charge in [-0.05, 0) is 13.3 Å². The maximum Gasteiger partial charge on any atom is 0.333 e. The van der Waals surface area contributed by atoms with E-state index in [1.165, 1.54) is 7.11 Å². The molecule has 0 saturated heterocycles. The molecule has 0 aliphatic rings. The third-order valence-electron chi connectivity index (χ3n) is 1.71. The molecule has 0 radical (unpaired) electrons. The molecule has 0 fully saturated rings. The van der Waals surface area contributed by atoms with Crippen molar-refractivity contribution in [3.63, 3.8) is 0 Å². The van der Waals surface area contributed by atoms with Gasteiger partial charge in [-0.3, -0.25) is 0 Å². The molecule has 3 heteroatoms. The lowest BCUT2D eigenvalue weighted by Crippen LogP contribution is -2.15. The molecule has 0 atom stereocenters. The fraction of sp³-hybridized carbons (Fsp3) is 0.545. The van der Waals surface area contributed by atoms with Crippen LogP contribution in [0.25, 0.3) is 0 Å². The number of carbonyl (C=O) groups excluding carboxylic acids is 1. The SMILES string of the molecule is CC#CCNCC=C(CC)C(=O)OC. The number of methoxy groups -OCH3 is 1. The zero-order chi connectivity index (χ0) is 10.8. The van der Waals surface area contributed by atoms with Gasteiger partial charge in [0, 0.05) is 12.1 Å². The van der Waals surface area contributed by atoms with E-state index >= 15 is 0 Å². The molecule has 0 spiro atoms. The van der Waals surface area contributed by atoms with E-state index < -0.39 is 0 Å². The average molecular weight is 195 g/mol. The standard InChI is InChI=1S/C11H17NO2/c1-4-6-8-12-9-7-10(5-2)11(13)14-3/h7,12H,5,8-9H2,1-3H3. The minimum Gasteiger partial charge on any atom is -0.466 e. The van der Waals surface area contributed by atoms with Gasteiger partial charge in [-0.25, -0.2) is 4.79 Å². The Hall–Kier alpha value is -1.27. The van der Waals surface area contributed by atoms with Crippen LogP contribution in [0.15, 0.2) is 11.6 Å². The normalized spacial score (nSPS) is 10.4. The quantitative estimate of drug-likeness (QED) is 0.309. The van der Waals surface area contributed by atoms with E-state index in [4.69, 9.17) is 0 Å². The highest BCUT2D eigenvalue weighted by atomic mass is 16.5. The molecule has 0 bridgehead atoms. The highest BCUT2D eigenvalue weighted by Gasteiger charge is 2.04. The van der Waals surface area contributed by atoms with Crippen molar-refractivity contribution < 1.29 is 9.53 Å². The Kier molecular flexibility index (Phi) is 7.58. The van der Waals surface area contributed by atoms with Crippen LogP contribution in [-0.2, 0) is 9.53 Å². The summed E-state index contributed by atoms with van der Waals surface area (Å²) in [5.74, 6) is 5.40. The predicted octanol–water partition coefficient (Wildman–Crippen LogP) is 1.11. The van der Waals surface area contributed by atoms with Gasteiger partial charge in [0.15, 0.2) is 0 Å². The summed E-state index contributed by atoms with van der Waals surface area (Å²) in [7, 11) is 1.39. The summed E-state index contributed by atoms with van der Waals surface area (Å²) in [5, 5.41) is 3.07. The van der Waals surface area contributed by atoms with Crippen LogP contribution in [0.2, 0.25) is 0 Å². The summed E-state index contributed by atoms with van der Waals surface area (Å²) in [6, 6.07) is 0. The van der Waals surface area contributed by atoms with E-state index in [-0.39, 0.29) is 5.97 Å². The molecule has 14 heavy (non-hydrogen) atoms. The van der Waals surface area contributed by atoms with Crippen molar-refractivity contribution in [2.24, 2.45) is 0 Å². The summed E-state index contributed by atoms with van der Waals surface area (Å²) in [6.45, 7) is 5.01. The summed E-state index contributed by atoms with van der Waals surface area (Å²) in [6.07, 6.45) is 2.52. The molecule has 0 unspecified atom stereocenters. The molecular weight excluding hydrogens is 178 g/mol. The number of esters is 1. The van der Waals surface area contributed by atoms with Crippen LogP contribution >= 0.6 is 0 Å². The second-order valence-electron chi connectivity index (χ2n) is 2.63. The van der Waals surface area contributed by atoms with Crippen LogP contribution in [0.4, 0.5) is 0 Å². The Bertz CT molecular complexity index is 258. The summed E-state index contributed by atoms with van der Waals surface area (Å²) < 4.78 is 4.62. The molecule has 0 aliphatic heterocycles. The second kappa shape index (κ2) is 8.33. The molecular formula is C11H17NO2. The lowest BCUT2D eigenvalue weighted by molar-refractivity contribution is -0.136. The molecule has 1 N–H and O–H groups in total. The van der Waals surface area contributed by atoms with Gasteiger partial charge in [0.25, 0.3) is 0 Å². The zero-order valence-electron chi connectivity index (χ0n) is 9.02. The van der Waals surface area contributed by atoms with Crippen LogP contribution in [-0.4, -0.2) is 26.2 Å². The fourth-order valence-electron chi connectivity index (χ4n) is 0.922. The summed E-state index contributed by atoms with van der Waals surface area (Å²) in [4.78, 5) is 11.1. The van der Waals surface area contributed by atoms with Crippen molar-refractivity contribution in [1.29, 1.82) is 0 Å². The minimum absolute atomic E-state index is 0.254. The Morgan fingerprint density at radius 1 is 1.57 bits per heavy atom. The molecule has 3 nitrogen and oxygen atoms in total. The lowest BCUT2D eigenvalue weighted by Gasteiger charge is -2.01.